The maximum atomic E-state index is 12.0. The highest BCUT2D eigenvalue weighted by Gasteiger charge is 2.34. The third-order valence-electron chi connectivity index (χ3n) is 3.71. The van der Waals surface area contributed by atoms with Gasteiger partial charge in [-0.05, 0) is 24.6 Å². The molecule has 116 valence electrons. The molecule has 1 aliphatic heterocycles. The fraction of sp³-hybridized carbons (Fsp3) is 0.533. The first-order valence-corrected chi connectivity index (χ1v) is 7.32. The number of hydrogen-bond donors (Lipinski definition) is 2. The molecule has 0 radical (unpaired) electrons. The molecular formula is C15H21ClN2O3. The maximum absolute atomic E-state index is 12.0. The summed E-state index contributed by atoms with van der Waals surface area (Å²) in [6.07, 6.45) is 0.839. The average Bonchev–Trinajstić information content (AvgIpc) is 2.92. The second-order valence-electron chi connectivity index (χ2n) is 5.30. The fourth-order valence-electron chi connectivity index (χ4n) is 2.29. The Hall–Kier alpha value is -1.14. The summed E-state index contributed by atoms with van der Waals surface area (Å²) in [6, 6.07) is 5.42. The molecule has 0 spiro atoms. The molecule has 1 aromatic rings. The molecule has 1 amide bonds. The van der Waals surface area contributed by atoms with Crippen LogP contribution in [0.1, 0.15) is 12.0 Å². The van der Waals surface area contributed by atoms with Gasteiger partial charge in [-0.3, -0.25) is 4.79 Å². The highest BCUT2D eigenvalue weighted by atomic mass is 35.5. The summed E-state index contributed by atoms with van der Waals surface area (Å²) in [7, 11) is 1.67. The summed E-state index contributed by atoms with van der Waals surface area (Å²) >= 11 is 5.93. The predicted molar refractivity (Wildman–Crippen MR) is 82.9 cm³/mol. The minimum atomic E-state index is -0.313. The number of anilines is 1. The molecule has 6 heteroatoms. The van der Waals surface area contributed by atoms with Crippen molar-refractivity contribution in [3.05, 3.63) is 28.8 Å². The summed E-state index contributed by atoms with van der Waals surface area (Å²) < 4.78 is 10.9. The van der Waals surface area contributed by atoms with Gasteiger partial charge in [0.25, 0.3) is 0 Å². The zero-order valence-electron chi connectivity index (χ0n) is 12.4. The summed E-state index contributed by atoms with van der Waals surface area (Å²) in [5, 5.41) is 6.57. The third-order valence-corrected chi connectivity index (χ3v) is 3.94. The molecule has 0 saturated carbocycles. The minimum Gasteiger partial charge on any atom is -0.378 e. The zero-order valence-corrected chi connectivity index (χ0v) is 13.1. The molecule has 1 unspecified atom stereocenters. The minimum absolute atomic E-state index is 0.106. The number of methoxy groups -OCH3 is 1. The van der Waals surface area contributed by atoms with Crippen molar-refractivity contribution < 1.29 is 14.3 Å². The number of ether oxygens (including phenoxy) is 2. The molecule has 1 fully saturated rings. The summed E-state index contributed by atoms with van der Waals surface area (Å²) in [5.41, 5.74) is 1.40. The van der Waals surface area contributed by atoms with E-state index in [1.165, 1.54) is 0 Å². The largest absolute Gasteiger partial charge is 0.378 e. The lowest BCUT2D eigenvalue weighted by Gasteiger charge is -2.25. The topological polar surface area (TPSA) is 59.6 Å². The first kappa shape index (κ1) is 16.2. The van der Waals surface area contributed by atoms with E-state index >= 15 is 0 Å². The van der Waals surface area contributed by atoms with E-state index in [-0.39, 0.29) is 18.1 Å². The molecule has 1 aliphatic rings. The highest BCUT2D eigenvalue weighted by Crippen LogP contribution is 2.22. The van der Waals surface area contributed by atoms with E-state index in [4.69, 9.17) is 21.1 Å². The van der Waals surface area contributed by atoms with Gasteiger partial charge in [-0.2, -0.15) is 0 Å². The number of aryl methyl sites for hydroxylation is 1. The van der Waals surface area contributed by atoms with Gasteiger partial charge in [-0.1, -0.05) is 17.7 Å². The van der Waals surface area contributed by atoms with Gasteiger partial charge in [0.15, 0.2) is 0 Å². The van der Waals surface area contributed by atoms with Crippen LogP contribution < -0.4 is 10.6 Å². The second-order valence-corrected chi connectivity index (χ2v) is 5.74. The molecule has 2 rings (SSSR count). The Morgan fingerprint density at radius 2 is 2.33 bits per heavy atom. The lowest BCUT2D eigenvalue weighted by Crippen LogP contribution is -2.45. The van der Waals surface area contributed by atoms with Gasteiger partial charge in [0.05, 0.1) is 13.2 Å². The maximum Gasteiger partial charge on any atom is 0.238 e. The summed E-state index contributed by atoms with van der Waals surface area (Å²) in [5.74, 6) is -0.106. The molecular weight excluding hydrogens is 292 g/mol. The number of amides is 1. The van der Waals surface area contributed by atoms with Gasteiger partial charge in [0.2, 0.25) is 5.91 Å². The van der Waals surface area contributed by atoms with Crippen molar-refractivity contribution in [3.8, 4) is 0 Å². The SMILES string of the molecule is COC1(CNCC(=O)Nc2cc(Cl)ccc2C)CCOC1. The smallest absolute Gasteiger partial charge is 0.238 e. The molecule has 1 saturated heterocycles. The monoisotopic (exact) mass is 312 g/mol. The Bertz CT molecular complexity index is 502. The van der Waals surface area contributed by atoms with Crippen molar-refractivity contribution in [2.75, 3.05) is 38.7 Å². The number of halogens is 1. The van der Waals surface area contributed by atoms with E-state index in [1.807, 2.05) is 13.0 Å². The van der Waals surface area contributed by atoms with Gasteiger partial charge in [0, 0.05) is 37.4 Å². The van der Waals surface area contributed by atoms with Crippen molar-refractivity contribution in [3.63, 3.8) is 0 Å². The molecule has 1 heterocycles. The van der Waals surface area contributed by atoms with E-state index in [0.29, 0.717) is 24.8 Å². The van der Waals surface area contributed by atoms with E-state index in [9.17, 15) is 4.79 Å². The number of nitrogens with one attached hydrogen (secondary N) is 2. The highest BCUT2D eigenvalue weighted by molar-refractivity contribution is 6.31. The Balaban J connectivity index is 1.81. The van der Waals surface area contributed by atoms with Crippen LogP contribution in [0.2, 0.25) is 5.02 Å². The van der Waals surface area contributed by atoms with Crippen LogP contribution >= 0.6 is 11.6 Å². The van der Waals surface area contributed by atoms with Crippen LogP contribution in [0.15, 0.2) is 18.2 Å². The van der Waals surface area contributed by atoms with Crippen LogP contribution in [-0.4, -0.2) is 44.9 Å². The average molecular weight is 313 g/mol. The van der Waals surface area contributed by atoms with Gasteiger partial charge in [0.1, 0.15) is 5.60 Å². The first-order chi connectivity index (χ1) is 10.0. The fourth-order valence-corrected chi connectivity index (χ4v) is 2.46. The van der Waals surface area contributed by atoms with Gasteiger partial charge >= 0.3 is 0 Å². The number of rotatable bonds is 6. The molecule has 21 heavy (non-hydrogen) atoms. The van der Waals surface area contributed by atoms with Crippen LogP contribution in [0.5, 0.6) is 0 Å². The van der Waals surface area contributed by atoms with Crippen molar-refractivity contribution >= 4 is 23.2 Å². The van der Waals surface area contributed by atoms with E-state index in [1.54, 1.807) is 19.2 Å². The van der Waals surface area contributed by atoms with Gasteiger partial charge in [-0.25, -0.2) is 0 Å². The zero-order chi connectivity index (χ0) is 15.3. The standard InChI is InChI=1S/C15H21ClN2O3/c1-11-3-4-12(16)7-13(11)18-14(19)8-17-9-15(20-2)5-6-21-10-15/h3-4,7,17H,5-6,8-10H2,1-2H3,(H,18,19). The summed E-state index contributed by atoms with van der Waals surface area (Å²) in [6.45, 7) is 3.99. The number of hydrogen-bond acceptors (Lipinski definition) is 4. The summed E-state index contributed by atoms with van der Waals surface area (Å²) in [4.78, 5) is 12.0. The Labute approximate surface area is 130 Å². The Morgan fingerprint density at radius 3 is 3.00 bits per heavy atom. The van der Waals surface area contributed by atoms with Crippen LogP contribution in [-0.2, 0) is 14.3 Å². The molecule has 2 N–H and O–H groups in total. The lowest BCUT2D eigenvalue weighted by molar-refractivity contribution is -0.115. The van der Waals surface area contributed by atoms with Crippen molar-refractivity contribution in [1.29, 1.82) is 0 Å². The van der Waals surface area contributed by atoms with Crippen molar-refractivity contribution in [2.24, 2.45) is 0 Å². The number of benzene rings is 1. The van der Waals surface area contributed by atoms with E-state index < -0.39 is 0 Å². The molecule has 5 nitrogen and oxygen atoms in total. The van der Waals surface area contributed by atoms with Crippen LogP contribution in [0.3, 0.4) is 0 Å². The van der Waals surface area contributed by atoms with Crippen LogP contribution in [0, 0.1) is 6.92 Å². The van der Waals surface area contributed by atoms with Crippen LogP contribution in [0.25, 0.3) is 0 Å². The molecule has 1 aromatic carbocycles. The molecule has 1 atom stereocenters. The van der Waals surface area contributed by atoms with E-state index in [0.717, 1.165) is 17.7 Å². The van der Waals surface area contributed by atoms with Gasteiger partial charge in [-0.15, -0.1) is 0 Å². The number of carbonyl (C=O) groups excluding carboxylic acids is 1. The van der Waals surface area contributed by atoms with Crippen LogP contribution in [0.4, 0.5) is 5.69 Å². The molecule has 0 aliphatic carbocycles. The Kier molecular flexibility index (Phi) is 5.58. The Morgan fingerprint density at radius 1 is 1.52 bits per heavy atom. The quantitative estimate of drug-likeness (QED) is 0.843. The van der Waals surface area contributed by atoms with Gasteiger partial charge < -0.3 is 20.1 Å². The van der Waals surface area contributed by atoms with Crippen molar-refractivity contribution in [1.82, 2.24) is 5.32 Å². The lowest BCUT2D eigenvalue weighted by atomic mass is 10.0. The third kappa shape index (κ3) is 4.41. The molecule has 0 aromatic heterocycles. The predicted octanol–water partition coefficient (Wildman–Crippen LogP) is 1.98. The molecule has 0 bridgehead atoms. The first-order valence-electron chi connectivity index (χ1n) is 6.94. The van der Waals surface area contributed by atoms with E-state index in [2.05, 4.69) is 10.6 Å². The van der Waals surface area contributed by atoms with Crippen molar-refractivity contribution in [2.45, 2.75) is 18.9 Å². The normalized spacial score (nSPS) is 21.5. The number of carbonyl (C=O) groups is 1. The second kappa shape index (κ2) is 7.22.